The number of halogens is 1. The highest BCUT2D eigenvalue weighted by Crippen LogP contribution is 2.28. The predicted octanol–water partition coefficient (Wildman–Crippen LogP) is 4.47. The summed E-state index contributed by atoms with van der Waals surface area (Å²) < 4.78 is 5.34. The van der Waals surface area contributed by atoms with Crippen molar-refractivity contribution in [2.24, 2.45) is 0 Å². The molecule has 2 aromatic carbocycles. The van der Waals surface area contributed by atoms with E-state index in [1.165, 1.54) is 0 Å². The van der Waals surface area contributed by atoms with Gasteiger partial charge in [0.25, 0.3) is 0 Å². The molecule has 4 heteroatoms. The fraction of sp³-hybridized carbons (Fsp3) is 0.150. The van der Waals surface area contributed by atoms with Crippen LogP contribution in [0.3, 0.4) is 0 Å². The van der Waals surface area contributed by atoms with E-state index in [9.17, 15) is 4.79 Å². The third-order valence-electron chi connectivity index (χ3n) is 3.82. The summed E-state index contributed by atoms with van der Waals surface area (Å²) >= 11 is 6.32. The number of ether oxygens (including phenoxy) is 1. The van der Waals surface area contributed by atoms with Crippen molar-refractivity contribution in [1.29, 1.82) is 0 Å². The van der Waals surface area contributed by atoms with Crippen molar-refractivity contribution in [1.82, 2.24) is 0 Å². The molecule has 0 saturated carbocycles. The molecule has 0 N–H and O–H groups in total. The van der Waals surface area contributed by atoms with E-state index in [0.717, 1.165) is 16.8 Å². The van der Waals surface area contributed by atoms with E-state index in [1.807, 2.05) is 67.5 Å². The zero-order valence-electron chi connectivity index (χ0n) is 13.6. The second kappa shape index (κ2) is 6.93. The quantitative estimate of drug-likeness (QED) is 0.769. The summed E-state index contributed by atoms with van der Waals surface area (Å²) in [7, 11) is 3.92. The molecule has 24 heavy (non-hydrogen) atoms. The number of carbonyl (C=O) groups is 1. The third kappa shape index (κ3) is 3.69. The average molecular weight is 340 g/mol. The molecule has 0 bridgehead atoms. The summed E-state index contributed by atoms with van der Waals surface area (Å²) in [5, 5.41) is 0.620. The highest BCUT2D eigenvalue weighted by Gasteiger charge is 2.21. The molecule has 0 unspecified atom stereocenters. The third-order valence-corrected chi connectivity index (χ3v) is 4.15. The summed E-state index contributed by atoms with van der Waals surface area (Å²) in [4.78, 5) is 14.0. The van der Waals surface area contributed by atoms with Gasteiger partial charge in [0.2, 0.25) is 0 Å². The van der Waals surface area contributed by atoms with Crippen LogP contribution in [-0.4, -0.2) is 20.1 Å². The van der Waals surface area contributed by atoms with Gasteiger partial charge in [-0.25, -0.2) is 4.79 Å². The van der Waals surface area contributed by atoms with Crippen molar-refractivity contribution < 1.29 is 9.53 Å². The van der Waals surface area contributed by atoms with Crippen LogP contribution < -0.4 is 4.90 Å². The molecule has 122 valence electrons. The summed E-state index contributed by atoms with van der Waals surface area (Å²) in [6, 6.07) is 15.6. The number of anilines is 1. The molecule has 2 aromatic rings. The van der Waals surface area contributed by atoms with Gasteiger partial charge in [0.05, 0.1) is 0 Å². The Morgan fingerprint density at radius 1 is 1.12 bits per heavy atom. The molecule has 0 radical (unpaired) electrons. The van der Waals surface area contributed by atoms with Gasteiger partial charge in [-0.3, -0.25) is 0 Å². The molecule has 1 aliphatic heterocycles. The first-order chi connectivity index (χ1) is 11.5. The summed E-state index contributed by atoms with van der Waals surface area (Å²) in [6.07, 6.45) is 4.13. The van der Waals surface area contributed by atoms with Crippen LogP contribution in [0.5, 0.6) is 0 Å². The Balaban J connectivity index is 1.83. The molecule has 0 saturated heterocycles. The van der Waals surface area contributed by atoms with E-state index in [-0.39, 0.29) is 5.97 Å². The number of cyclic esters (lactones) is 1. The maximum absolute atomic E-state index is 12.0. The molecule has 0 aliphatic carbocycles. The van der Waals surface area contributed by atoms with Crippen LogP contribution >= 0.6 is 11.6 Å². The lowest BCUT2D eigenvalue weighted by atomic mass is 10.1. The van der Waals surface area contributed by atoms with Gasteiger partial charge in [-0.2, -0.15) is 0 Å². The number of benzene rings is 2. The van der Waals surface area contributed by atoms with Gasteiger partial charge < -0.3 is 9.64 Å². The normalized spacial score (nSPS) is 15.4. The monoisotopic (exact) mass is 339 g/mol. The first-order valence-corrected chi connectivity index (χ1v) is 8.06. The number of nitrogens with zero attached hydrogens (tertiary/aromatic N) is 1. The first kappa shape index (κ1) is 16.3. The van der Waals surface area contributed by atoms with Gasteiger partial charge in [-0.1, -0.05) is 48.0 Å². The molecule has 0 aromatic heterocycles. The largest absolute Gasteiger partial charge is 0.423 e. The minimum absolute atomic E-state index is 0.300. The molecule has 1 heterocycles. The Hall–Kier alpha value is -2.52. The smallest absolute Gasteiger partial charge is 0.339 e. The Morgan fingerprint density at radius 2 is 1.88 bits per heavy atom. The Labute approximate surface area is 146 Å². The van der Waals surface area contributed by atoms with Gasteiger partial charge in [-0.15, -0.1) is 0 Å². The van der Waals surface area contributed by atoms with Crippen molar-refractivity contribution in [2.45, 2.75) is 6.42 Å². The maximum atomic E-state index is 12.0. The summed E-state index contributed by atoms with van der Waals surface area (Å²) in [5.41, 5.74) is 3.57. The Bertz CT molecular complexity index is 823. The van der Waals surface area contributed by atoms with Crippen molar-refractivity contribution in [3.63, 3.8) is 0 Å². The Kier molecular flexibility index (Phi) is 4.72. The van der Waals surface area contributed by atoms with E-state index in [1.54, 1.807) is 12.2 Å². The highest BCUT2D eigenvalue weighted by molar-refractivity contribution is 6.32. The van der Waals surface area contributed by atoms with Gasteiger partial charge >= 0.3 is 5.97 Å². The topological polar surface area (TPSA) is 29.5 Å². The minimum atomic E-state index is -0.300. The zero-order valence-corrected chi connectivity index (χ0v) is 14.4. The second-order valence-corrected chi connectivity index (χ2v) is 6.28. The van der Waals surface area contributed by atoms with Crippen LogP contribution in [0.2, 0.25) is 5.02 Å². The molecule has 0 atom stereocenters. The van der Waals surface area contributed by atoms with E-state index in [4.69, 9.17) is 16.3 Å². The maximum Gasteiger partial charge on any atom is 0.339 e. The fourth-order valence-electron chi connectivity index (χ4n) is 2.51. The predicted molar refractivity (Wildman–Crippen MR) is 98.1 cm³/mol. The van der Waals surface area contributed by atoms with Crippen LogP contribution in [-0.2, 0) is 16.0 Å². The molecular weight excluding hydrogens is 322 g/mol. The number of allylic oxidation sites excluding steroid dienone is 1. The van der Waals surface area contributed by atoms with Crippen LogP contribution in [0, 0.1) is 0 Å². The molecule has 0 fully saturated rings. The van der Waals surface area contributed by atoms with Crippen LogP contribution in [0.4, 0.5) is 5.69 Å². The number of rotatable bonds is 4. The lowest BCUT2D eigenvalue weighted by Gasteiger charge is -2.13. The molecule has 0 spiro atoms. The lowest BCUT2D eigenvalue weighted by Crippen LogP contribution is -2.08. The van der Waals surface area contributed by atoms with E-state index in [0.29, 0.717) is 22.8 Å². The number of hydrogen-bond donors (Lipinski definition) is 0. The van der Waals surface area contributed by atoms with Crippen molar-refractivity contribution in [3.05, 3.63) is 82.1 Å². The highest BCUT2D eigenvalue weighted by atomic mass is 35.5. The van der Waals surface area contributed by atoms with Crippen molar-refractivity contribution >= 4 is 29.3 Å². The molecule has 1 aliphatic rings. The van der Waals surface area contributed by atoms with Gasteiger partial charge in [0, 0.05) is 36.8 Å². The summed E-state index contributed by atoms with van der Waals surface area (Å²) in [6.45, 7) is 0. The van der Waals surface area contributed by atoms with Crippen LogP contribution in [0.1, 0.15) is 11.1 Å². The molecule has 3 rings (SSSR count). The van der Waals surface area contributed by atoms with Crippen molar-refractivity contribution in [3.8, 4) is 0 Å². The van der Waals surface area contributed by atoms with E-state index in [2.05, 4.69) is 0 Å². The van der Waals surface area contributed by atoms with Crippen LogP contribution in [0.15, 0.2) is 65.9 Å². The average Bonchev–Trinajstić information content (AvgIpc) is 2.89. The molecule has 3 nitrogen and oxygen atoms in total. The fourth-order valence-corrected chi connectivity index (χ4v) is 2.74. The molecule has 0 amide bonds. The standard InChI is InChI=1S/C20H18ClNO2/c1-22(2)17-9-8-15(19(21)13-17)11-18-12-16(20(23)24-18)10-14-6-4-3-5-7-14/h3-9,11-13H,10H2,1-2H3/b18-11-. The first-order valence-electron chi connectivity index (χ1n) is 7.68. The number of hydrogen-bond acceptors (Lipinski definition) is 3. The van der Waals surface area contributed by atoms with Gasteiger partial charge in [0.1, 0.15) is 5.76 Å². The van der Waals surface area contributed by atoms with Gasteiger partial charge in [-0.05, 0) is 35.4 Å². The minimum Gasteiger partial charge on any atom is -0.423 e. The second-order valence-electron chi connectivity index (χ2n) is 5.87. The number of esters is 1. The molecular formula is C20H18ClNO2. The van der Waals surface area contributed by atoms with Crippen LogP contribution in [0.25, 0.3) is 6.08 Å². The Morgan fingerprint density at radius 3 is 2.54 bits per heavy atom. The summed E-state index contributed by atoms with van der Waals surface area (Å²) in [5.74, 6) is 0.219. The van der Waals surface area contributed by atoms with E-state index >= 15 is 0 Å². The van der Waals surface area contributed by atoms with Gasteiger partial charge in [0.15, 0.2) is 0 Å². The SMILES string of the molecule is CN(C)c1ccc(/C=C2/C=C(Cc3ccccc3)C(=O)O2)c(Cl)c1. The number of carbonyl (C=O) groups excluding carboxylic acids is 1. The van der Waals surface area contributed by atoms with Crippen molar-refractivity contribution in [2.75, 3.05) is 19.0 Å². The van der Waals surface area contributed by atoms with E-state index < -0.39 is 0 Å². The zero-order chi connectivity index (χ0) is 17.1. The lowest BCUT2D eigenvalue weighted by molar-refractivity contribution is -0.133.